The molecule has 0 aromatic heterocycles. The minimum atomic E-state index is 0. The number of halogens is 1. The second-order valence-corrected chi connectivity index (χ2v) is 4.62. The van der Waals surface area contributed by atoms with Crippen LogP contribution < -0.4 is 15.4 Å². The van der Waals surface area contributed by atoms with E-state index in [0.29, 0.717) is 12.5 Å². The van der Waals surface area contributed by atoms with Crippen LogP contribution in [0.3, 0.4) is 0 Å². The van der Waals surface area contributed by atoms with Crippen molar-refractivity contribution in [1.29, 1.82) is 0 Å². The third-order valence-corrected chi connectivity index (χ3v) is 3.20. The van der Waals surface area contributed by atoms with Crippen molar-refractivity contribution in [3.63, 3.8) is 0 Å². The van der Waals surface area contributed by atoms with Gasteiger partial charge in [-0.1, -0.05) is 12.1 Å². The van der Waals surface area contributed by atoms with Crippen molar-refractivity contribution in [2.24, 2.45) is 0 Å². The van der Waals surface area contributed by atoms with Crippen LogP contribution in [-0.2, 0) is 11.2 Å². The van der Waals surface area contributed by atoms with E-state index in [1.165, 1.54) is 0 Å². The molecule has 0 aliphatic carbocycles. The van der Waals surface area contributed by atoms with Gasteiger partial charge < -0.3 is 15.4 Å². The fraction of sp³-hybridized carbons (Fsp3) is 0.500. The van der Waals surface area contributed by atoms with Crippen molar-refractivity contribution in [2.45, 2.75) is 25.3 Å². The molecular weight excluding hydrogens is 264 g/mol. The van der Waals surface area contributed by atoms with Gasteiger partial charge in [0.15, 0.2) is 0 Å². The van der Waals surface area contributed by atoms with Crippen molar-refractivity contribution in [3.05, 3.63) is 29.8 Å². The van der Waals surface area contributed by atoms with Gasteiger partial charge in [-0.05, 0) is 43.6 Å². The molecule has 0 spiro atoms. The maximum atomic E-state index is 11.9. The Labute approximate surface area is 120 Å². The lowest BCUT2D eigenvalue weighted by Crippen LogP contribution is -2.43. The van der Waals surface area contributed by atoms with E-state index in [0.717, 1.165) is 37.2 Å². The maximum Gasteiger partial charge on any atom is 0.224 e. The lowest BCUT2D eigenvalue weighted by atomic mass is 10.1. The molecule has 0 atom stereocenters. The average Bonchev–Trinajstić information content (AvgIpc) is 2.40. The van der Waals surface area contributed by atoms with Crippen LogP contribution in [0.1, 0.15) is 18.4 Å². The third-order valence-electron chi connectivity index (χ3n) is 3.20. The van der Waals surface area contributed by atoms with E-state index < -0.39 is 0 Å². The highest BCUT2D eigenvalue weighted by Gasteiger charge is 2.15. The molecule has 0 radical (unpaired) electrons. The summed E-state index contributed by atoms with van der Waals surface area (Å²) in [6, 6.07) is 7.97. The van der Waals surface area contributed by atoms with Gasteiger partial charge in [0.05, 0.1) is 13.5 Å². The first-order valence-electron chi connectivity index (χ1n) is 6.41. The molecule has 5 heteroatoms. The number of ether oxygens (including phenoxy) is 1. The third kappa shape index (κ3) is 5.09. The van der Waals surface area contributed by atoms with Crippen LogP contribution in [0.5, 0.6) is 5.75 Å². The van der Waals surface area contributed by atoms with E-state index in [9.17, 15) is 4.79 Å². The number of nitrogens with one attached hydrogen (secondary N) is 2. The van der Waals surface area contributed by atoms with Gasteiger partial charge in [-0.3, -0.25) is 4.79 Å². The zero-order valence-electron chi connectivity index (χ0n) is 11.1. The molecule has 1 fully saturated rings. The van der Waals surface area contributed by atoms with E-state index in [4.69, 9.17) is 4.74 Å². The van der Waals surface area contributed by atoms with Crippen LogP contribution in [-0.4, -0.2) is 32.1 Å². The van der Waals surface area contributed by atoms with Crippen LogP contribution >= 0.6 is 12.4 Å². The number of carbonyl (C=O) groups excluding carboxylic acids is 1. The second-order valence-electron chi connectivity index (χ2n) is 4.62. The van der Waals surface area contributed by atoms with Crippen LogP contribution in [0, 0.1) is 0 Å². The molecule has 2 rings (SSSR count). The molecule has 0 bridgehead atoms. The van der Waals surface area contributed by atoms with E-state index >= 15 is 0 Å². The van der Waals surface area contributed by atoms with Crippen LogP contribution in [0.15, 0.2) is 24.3 Å². The Bertz CT molecular complexity index is 406. The highest BCUT2D eigenvalue weighted by molar-refractivity contribution is 5.85. The lowest BCUT2D eigenvalue weighted by molar-refractivity contribution is -0.121. The molecule has 1 saturated heterocycles. The SMILES string of the molecule is COc1cccc(CC(=O)NC2CCNCC2)c1.Cl. The summed E-state index contributed by atoms with van der Waals surface area (Å²) in [4.78, 5) is 11.9. The molecule has 106 valence electrons. The number of hydrogen-bond acceptors (Lipinski definition) is 3. The zero-order valence-corrected chi connectivity index (χ0v) is 12.0. The van der Waals surface area contributed by atoms with E-state index in [2.05, 4.69) is 10.6 Å². The molecule has 1 amide bonds. The Morgan fingerprint density at radius 3 is 2.84 bits per heavy atom. The molecule has 0 unspecified atom stereocenters. The Morgan fingerprint density at radius 2 is 2.16 bits per heavy atom. The minimum absolute atomic E-state index is 0. The molecule has 1 heterocycles. The van der Waals surface area contributed by atoms with E-state index in [1.807, 2.05) is 24.3 Å². The number of amides is 1. The molecular formula is C14H21ClN2O2. The summed E-state index contributed by atoms with van der Waals surface area (Å²) in [5, 5.41) is 6.37. The van der Waals surface area contributed by atoms with Crippen LogP contribution in [0.4, 0.5) is 0 Å². The number of benzene rings is 1. The topological polar surface area (TPSA) is 50.4 Å². The molecule has 2 N–H and O–H groups in total. The predicted molar refractivity (Wildman–Crippen MR) is 78.0 cm³/mol. The summed E-state index contributed by atoms with van der Waals surface area (Å²) >= 11 is 0. The summed E-state index contributed by atoms with van der Waals surface area (Å²) in [6.45, 7) is 1.98. The fourth-order valence-corrected chi connectivity index (χ4v) is 2.21. The predicted octanol–water partition coefficient (Wildman–Crippen LogP) is 1.53. The van der Waals surface area contributed by atoms with Crippen molar-refractivity contribution >= 4 is 18.3 Å². The molecule has 19 heavy (non-hydrogen) atoms. The summed E-state index contributed by atoms with van der Waals surface area (Å²) in [7, 11) is 1.63. The molecule has 4 nitrogen and oxygen atoms in total. The molecule has 0 saturated carbocycles. The van der Waals surface area contributed by atoms with E-state index in [-0.39, 0.29) is 18.3 Å². The van der Waals surface area contributed by atoms with Crippen molar-refractivity contribution in [1.82, 2.24) is 10.6 Å². The van der Waals surface area contributed by atoms with Crippen molar-refractivity contribution < 1.29 is 9.53 Å². The first kappa shape index (κ1) is 15.8. The number of rotatable bonds is 4. The van der Waals surface area contributed by atoms with Crippen LogP contribution in [0.25, 0.3) is 0 Å². The largest absolute Gasteiger partial charge is 0.497 e. The number of piperidine rings is 1. The van der Waals surface area contributed by atoms with E-state index in [1.54, 1.807) is 7.11 Å². The number of carbonyl (C=O) groups is 1. The van der Waals surface area contributed by atoms with Crippen LogP contribution in [0.2, 0.25) is 0 Å². The van der Waals surface area contributed by atoms with Crippen molar-refractivity contribution in [2.75, 3.05) is 20.2 Å². The highest BCUT2D eigenvalue weighted by Crippen LogP contribution is 2.13. The monoisotopic (exact) mass is 284 g/mol. The van der Waals surface area contributed by atoms with Crippen molar-refractivity contribution in [3.8, 4) is 5.75 Å². The quantitative estimate of drug-likeness (QED) is 0.882. The van der Waals surface area contributed by atoms with Gasteiger partial charge in [-0.15, -0.1) is 12.4 Å². The smallest absolute Gasteiger partial charge is 0.224 e. The first-order chi connectivity index (χ1) is 8.78. The van der Waals surface area contributed by atoms with Gasteiger partial charge in [0.2, 0.25) is 5.91 Å². The summed E-state index contributed by atoms with van der Waals surface area (Å²) in [6.07, 6.45) is 2.45. The lowest BCUT2D eigenvalue weighted by Gasteiger charge is -2.23. The van der Waals surface area contributed by atoms with Gasteiger partial charge in [-0.2, -0.15) is 0 Å². The minimum Gasteiger partial charge on any atom is -0.497 e. The van der Waals surface area contributed by atoms with Gasteiger partial charge in [-0.25, -0.2) is 0 Å². The zero-order chi connectivity index (χ0) is 12.8. The van der Waals surface area contributed by atoms with Gasteiger partial charge in [0.25, 0.3) is 0 Å². The number of methoxy groups -OCH3 is 1. The fourth-order valence-electron chi connectivity index (χ4n) is 2.21. The normalized spacial score (nSPS) is 15.4. The molecule has 1 aromatic carbocycles. The maximum absolute atomic E-state index is 11.9. The Kier molecular flexibility index (Phi) is 6.67. The summed E-state index contributed by atoms with van der Waals surface area (Å²) < 4.78 is 5.15. The second kappa shape index (κ2) is 8.02. The standard InChI is InChI=1S/C14H20N2O2.ClH/c1-18-13-4-2-3-11(9-13)10-14(17)16-12-5-7-15-8-6-12;/h2-4,9,12,15H,5-8,10H2,1H3,(H,16,17);1H. The highest BCUT2D eigenvalue weighted by atomic mass is 35.5. The van der Waals surface area contributed by atoms with Gasteiger partial charge in [0, 0.05) is 6.04 Å². The molecule has 1 aliphatic heterocycles. The molecule has 1 aromatic rings. The summed E-state index contributed by atoms with van der Waals surface area (Å²) in [5.74, 6) is 0.886. The molecule has 1 aliphatic rings. The first-order valence-corrected chi connectivity index (χ1v) is 6.41. The Balaban J connectivity index is 0.00000180. The Morgan fingerprint density at radius 1 is 1.42 bits per heavy atom. The van der Waals surface area contributed by atoms with Gasteiger partial charge in [0.1, 0.15) is 5.75 Å². The average molecular weight is 285 g/mol. The number of hydrogen-bond donors (Lipinski definition) is 2. The Hall–Kier alpha value is -1.26. The summed E-state index contributed by atoms with van der Waals surface area (Å²) in [5.41, 5.74) is 0.987. The van der Waals surface area contributed by atoms with Gasteiger partial charge >= 0.3 is 0 Å².